The number of aromatic nitrogens is 1. The highest BCUT2D eigenvalue weighted by molar-refractivity contribution is 5.61. The predicted octanol–water partition coefficient (Wildman–Crippen LogP) is 3.46. The Kier molecular flexibility index (Phi) is 3.38. The van der Waals surface area contributed by atoms with Crippen molar-refractivity contribution in [1.29, 1.82) is 0 Å². The minimum atomic E-state index is -0.318. The van der Waals surface area contributed by atoms with Gasteiger partial charge in [0, 0.05) is 17.8 Å². The molecule has 0 fully saturated rings. The second kappa shape index (κ2) is 4.95. The lowest BCUT2D eigenvalue weighted by Crippen LogP contribution is -1.91. The molecule has 0 spiro atoms. The van der Waals surface area contributed by atoms with Crippen LogP contribution in [0, 0.1) is 5.82 Å². The zero-order valence-electron chi connectivity index (χ0n) is 9.90. The molecule has 0 N–H and O–H groups in total. The molecule has 1 heterocycles. The van der Waals surface area contributed by atoms with Gasteiger partial charge >= 0.3 is 0 Å². The average Bonchev–Trinajstić information content (AvgIpc) is 2.39. The molecule has 17 heavy (non-hydrogen) atoms. The van der Waals surface area contributed by atoms with Crippen molar-refractivity contribution >= 4 is 0 Å². The van der Waals surface area contributed by atoms with Gasteiger partial charge < -0.3 is 4.74 Å². The molecule has 0 aliphatic carbocycles. The molecule has 0 saturated carbocycles. The Morgan fingerprint density at radius 3 is 2.59 bits per heavy atom. The van der Waals surface area contributed by atoms with Crippen molar-refractivity contribution in [2.75, 3.05) is 7.11 Å². The Morgan fingerprint density at radius 2 is 2.06 bits per heavy atom. The van der Waals surface area contributed by atoms with E-state index in [-0.39, 0.29) is 5.82 Å². The van der Waals surface area contributed by atoms with E-state index in [1.54, 1.807) is 18.3 Å². The van der Waals surface area contributed by atoms with E-state index >= 15 is 0 Å². The first kappa shape index (κ1) is 11.6. The van der Waals surface area contributed by atoms with Gasteiger partial charge in [0.15, 0.2) is 0 Å². The van der Waals surface area contributed by atoms with E-state index in [4.69, 9.17) is 4.74 Å². The molecule has 0 amide bonds. The van der Waals surface area contributed by atoms with E-state index < -0.39 is 0 Å². The van der Waals surface area contributed by atoms with Crippen LogP contribution in [0.2, 0.25) is 0 Å². The quantitative estimate of drug-likeness (QED) is 0.807. The van der Waals surface area contributed by atoms with Gasteiger partial charge in [0.1, 0.15) is 11.6 Å². The summed E-state index contributed by atoms with van der Waals surface area (Å²) in [6.07, 6.45) is 2.71. The van der Waals surface area contributed by atoms with E-state index in [9.17, 15) is 4.39 Å². The summed E-state index contributed by atoms with van der Waals surface area (Å²) < 4.78 is 18.7. The normalized spacial score (nSPS) is 10.3. The van der Waals surface area contributed by atoms with Gasteiger partial charge in [-0.2, -0.15) is 0 Å². The first-order chi connectivity index (χ1) is 8.24. The van der Waals surface area contributed by atoms with Crippen molar-refractivity contribution in [3.8, 4) is 17.0 Å². The van der Waals surface area contributed by atoms with Gasteiger partial charge in [-0.15, -0.1) is 0 Å². The number of aryl methyl sites for hydroxylation is 1. The van der Waals surface area contributed by atoms with Crippen molar-refractivity contribution in [2.24, 2.45) is 0 Å². The highest BCUT2D eigenvalue weighted by atomic mass is 19.1. The van der Waals surface area contributed by atoms with Crippen LogP contribution >= 0.6 is 0 Å². The lowest BCUT2D eigenvalue weighted by molar-refractivity contribution is 0.411. The third-order valence-corrected chi connectivity index (χ3v) is 2.69. The summed E-state index contributed by atoms with van der Waals surface area (Å²) >= 11 is 0. The first-order valence-corrected chi connectivity index (χ1v) is 5.53. The highest BCUT2D eigenvalue weighted by Crippen LogP contribution is 2.24. The first-order valence-electron chi connectivity index (χ1n) is 5.53. The lowest BCUT2D eigenvalue weighted by atomic mass is 10.1. The largest absolute Gasteiger partial charge is 0.497 e. The lowest BCUT2D eigenvalue weighted by Gasteiger charge is -2.05. The van der Waals surface area contributed by atoms with Crippen LogP contribution in [0.15, 0.2) is 36.5 Å². The Morgan fingerprint density at radius 1 is 1.24 bits per heavy atom. The van der Waals surface area contributed by atoms with Crippen LogP contribution in [0.4, 0.5) is 4.39 Å². The molecule has 2 nitrogen and oxygen atoms in total. The van der Waals surface area contributed by atoms with Crippen molar-refractivity contribution in [1.82, 2.24) is 4.98 Å². The summed E-state index contributed by atoms with van der Waals surface area (Å²) in [5.41, 5.74) is 2.28. The molecule has 0 unspecified atom stereocenters. The molecular formula is C14H14FNO. The van der Waals surface area contributed by atoms with Gasteiger partial charge in [0.05, 0.1) is 12.8 Å². The van der Waals surface area contributed by atoms with E-state index in [0.717, 1.165) is 12.0 Å². The van der Waals surface area contributed by atoms with Gasteiger partial charge in [-0.25, -0.2) is 4.39 Å². The van der Waals surface area contributed by atoms with Crippen LogP contribution in [0.5, 0.6) is 5.75 Å². The molecule has 0 bridgehead atoms. The maximum atomic E-state index is 13.8. The zero-order valence-corrected chi connectivity index (χ0v) is 9.90. The SMILES string of the molecule is CCc1ccc(-c2ccc(OC)cc2F)nc1. The Labute approximate surface area is 100 Å². The summed E-state index contributed by atoms with van der Waals surface area (Å²) in [5, 5.41) is 0. The number of hydrogen-bond donors (Lipinski definition) is 0. The number of ether oxygens (including phenoxy) is 1. The van der Waals surface area contributed by atoms with E-state index in [0.29, 0.717) is 17.0 Å². The number of pyridine rings is 1. The molecular weight excluding hydrogens is 217 g/mol. The fraction of sp³-hybridized carbons (Fsp3) is 0.214. The van der Waals surface area contributed by atoms with E-state index in [2.05, 4.69) is 11.9 Å². The van der Waals surface area contributed by atoms with Crippen molar-refractivity contribution in [2.45, 2.75) is 13.3 Å². The predicted molar refractivity (Wildman–Crippen MR) is 65.6 cm³/mol. The Bertz CT molecular complexity index is 508. The molecule has 2 aromatic rings. The molecule has 0 aliphatic rings. The second-order valence-electron chi connectivity index (χ2n) is 3.75. The Balaban J connectivity index is 2.38. The molecule has 0 saturated heterocycles. The molecule has 1 aromatic carbocycles. The number of hydrogen-bond acceptors (Lipinski definition) is 2. The molecule has 1 aromatic heterocycles. The van der Waals surface area contributed by atoms with Gasteiger partial charge in [0.2, 0.25) is 0 Å². The highest BCUT2D eigenvalue weighted by Gasteiger charge is 2.07. The number of benzene rings is 1. The van der Waals surface area contributed by atoms with Gasteiger partial charge in [0.25, 0.3) is 0 Å². The standard InChI is InChI=1S/C14H14FNO/c1-3-10-4-7-14(16-9-10)12-6-5-11(17-2)8-13(12)15/h4-9H,3H2,1-2H3. The summed E-state index contributed by atoms with van der Waals surface area (Å²) in [4.78, 5) is 4.26. The molecule has 0 aliphatic heterocycles. The Hall–Kier alpha value is -1.90. The summed E-state index contributed by atoms with van der Waals surface area (Å²) in [7, 11) is 1.52. The van der Waals surface area contributed by atoms with Gasteiger partial charge in [-0.3, -0.25) is 4.98 Å². The molecule has 2 rings (SSSR count). The molecule has 3 heteroatoms. The fourth-order valence-electron chi connectivity index (χ4n) is 1.62. The van der Waals surface area contributed by atoms with Gasteiger partial charge in [-0.1, -0.05) is 13.0 Å². The van der Waals surface area contributed by atoms with Crippen LogP contribution in [0.1, 0.15) is 12.5 Å². The average molecular weight is 231 g/mol. The minimum Gasteiger partial charge on any atom is -0.497 e. The summed E-state index contributed by atoms with van der Waals surface area (Å²) in [5.74, 6) is 0.192. The maximum absolute atomic E-state index is 13.8. The fourth-order valence-corrected chi connectivity index (χ4v) is 1.62. The van der Waals surface area contributed by atoms with Crippen molar-refractivity contribution in [3.63, 3.8) is 0 Å². The third-order valence-electron chi connectivity index (χ3n) is 2.69. The number of halogens is 1. The monoisotopic (exact) mass is 231 g/mol. The smallest absolute Gasteiger partial charge is 0.136 e. The molecule has 0 radical (unpaired) electrons. The van der Waals surface area contributed by atoms with Crippen molar-refractivity contribution < 1.29 is 9.13 Å². The number of rotatable bonds is 3. The minimum absolute atomic E-state index is 0.318. The molecule has 0 atom stereocenters. The van der Waals surface area contributed by atoms with Crippen molar-refractivity contribution in [3.05, 3.63) is 47.9 Å². The molecule has 88 valence electrons. The third kappa shape index (κ3) is 2.44. The van der Waals surface area contributed by atoms with Gasteiger partial charge in [-0.05, 0) is 30.2 Å². The van der Waals surface area contributed by atoms with Crippen LogP contribution < -0.4 is 4.74 Å². The van der Waals surface area contributed by atoms with Crippen LogP contribution in [-0.2, 0) is 6.42 Å². The zero-order chi connectivity index (χ0) is 12.3. The van der Waals surface area contributed by atoms with Crippen LogP contribution in [0.3, 0.4) is 0 Å². The number of methoxy groups -OCH3 is 1. The summed E-state index contributed by atoms with van der Waals surface area (Å²) in [6.45, 7) is 2.06. The van der Waals surface area contributed by atoms with E-state index in [1.165, 1.54) is 13.2 Å². The van der Waals surface area contributed by atoms with Crippen LogP contribution in [0.25, 0.3) is 11.3 Å². The second-order valence-corrected chi connectivity index (χ2v) is 3.75. The number of nitrogens with zero attached hydrogens (tertiary/aromatic N) is 1. The topological polar surface area (TPSA) is 22.1 Å². The van der Waals surface area contributed by atoms with Crippen LogP contribution in [-0.4, -0.2) is 12.1 Å². The maximum Gasteiger partial charge on any atom is 0.136 e. The van der Waals surface area contributed by atoms with E-state index in [1.807, 2.05) is 12.1 Å². The summed E-state index contributed by atoms with van der Waals surface area (Å²) in [6, 6.07) is 8.58.